The highest BCUT2D eigenvalue weighted by Gasteiger charge is 2.19. The second-order valence-corrected chi connectivity index (χ2v) is 4.10. The lowest BCUT2D eigenvalue weighted by molar-refractivity contribution is 0.459. The fraction of sp³-hybridized carbons (Fsp3) is 0. The van der Waals surface area contributed by atoms with Crippen molar-refractivity contribution in [1.82, 2.24) is 4.98 Å². The second-order valence-electron chi connectivity index (χ2n) is 3.04. The van der Waals surface area contributed by atoms with Crippen molar-refractivity contribution >= 4 is 27.2 Å². The van der Waals surface area contributed by atoms with Crippen LogP contribution in [0.15, 0.2) is 12.3 Å². The predicted octanol–water partition coefficient (Wildman–Crippen LogP) is 3.03. The van der Waals surface area contributed by atoms with E-state index < -0.39 is 29.0 Å². The van der Waals surface area contributed by atoms with Gasteiger partial charge in [-0.15, -0.1) is 0 Å². The predicted molar refractivity (Wildman–Crippen MR) is 56.1 cm³/mol. The number of aromatic nitrogens is 1. The summed E-state index contributed by atoms with van der Waals surface area (Å²) in [5, 5.41) is 2.47. The topological polar surface area (TPSA) is 50.9 Å². The van der Waals surface area contributed by atoms with Crippen LogP contribution in [-0.2, 0) is 0 Å². The Labute approximate surface area is 96.9 Å². The van der Waals surface area contributed by atoms with Crippen LogP contribution in [0.5, 0.6) is 0 Å². The van der Waals surface area contributed by atoms with Gasteiger partial charge >= 0.3 is 0 Å². The van der Waals surface area contributed by atoms with Crippen molar-refractivity contribution in [3.63, 3.8) is 0 Å². The van der Waals surface area contributed by atoms with Crippen LogP contribution in [0, 0.1) is 23.3 Å². The Balaban J connectivity index is 2.45. The quantitative estimate of drug-likeness (QED) is 0.646. The number of nitrogen functional groups attached to an aromatic ring is 1. The van der Waals surface area contributed by atoms with E-state index in [-0.39, 0.29) is 11.2 Å². The van der Waals surface area contributed by atoms with Gasteiger partial charge in [0, 0.05) is 6.07 Å². The first kappa shape index (κ1) is 11.6. The number of anilines is 3. The number of rotatable bonds is 2. The molecule has 0 radical (unpaired) electrons. The van der Waals surface area contributed by atoms with E-state index in [1.807, 2.05) is 0 Å². The van der Waals surface area contributed by atoms with Gasteiger partial charge in [0.25, 0.3) is 0 Å². The van der Waals surface area contributed by atoms with Gasteiger partial charge in [-0.05, 0) is 0 Å². The average molecular weight is 263 g/mol. The average Bonchev–Trinajstić information content (AvgIpc) is 2.68. The summed E-state index contributed by atoms with van der Waals surface area (Å²) in [6.07, 6.45) is 1.25. The summed E-state index contributed by atoms with van der Waals surface area (Å²) in [6.45, 7) is 0. The van der Waals surface area contributed by atoms with E-state index in [2.05, 4.69) is 10.3 Å². The summed E-state index contributed by atoms with van der Waals surface area (Å²) in [5.74, 6) is -6.01. The molecule has 1 heterocycles. The van der Waals surface area contributed by atoms with Gasteiger partial charge in [0.05, 0.1) is 6.20 Å². The van der Waals surface area contributed by atoms with Crippen LogP contribution in [0.3, 0.4) is 0 Å². The van der Waals surface area contributed by atoms with Gasteiger partial charge in [0.15, 0.2) is 28.4 Å². The van der Waals surface area contributed by atoms with Gasteiger partial charge < -0.3 is 11.1 Å². The Hall–Kier alpha value is -1.83. The maximum absolute atomic E-state index is 13.2. The standard InChI is InChI=1S/C9H5F4N3S/c10-3-1-4(11)7(13)8(6(3)12)16-9-15-2-5(14)17-9/h1-2H,14H2,(H,15,16). The third kappa shape index (κ3) is 2.16. The van der Waals surface area contributed by atoms with Crippen LogP contribution in [-0.4, -0.2) is 4.98 Å². The molecular weight excluding hydrogens is 258 g/mol. The first-order valence-electron chi connectivity index (χ1n) is 4.30. The Bertz CT molecular complexity index is 543. The van der Waals surface area contributed by atoms with Gasteiger partial charge in [-0.3, -0.25) is 0 Å². The highest BCUT2D eigenvalue weighted by atomic mass is 32.1. The Kier molecular flexibility index (Phi) is 2.88. The third-order valence-electron chi connectivity index (χ3n) is 1.87. The molecule has 0 spiro atoms. The highest BCUT2D eigenvalue weighted by Crippen LogP contribution is 2.29. The SMILES string of the molecule is Nc1cnc(Nc2c(F)c(F)cc(F)c2F)s1. The Morgan fingerprint density at radius 2 is 1.71 bits per heavy atom. The van der Waals surface area contributed by atoms with Crippen molar-refractivity contribution in [2.24, 2.45) is 0 Å². The fourth-order valence-corrected chi connectivity index (χ4v) is 1.72. The second kappa shape index (κ2) is 4.21. The molecule has 0 amide bonds. The van der Waals surface area contributed by atoms with Crippen LogP contribution in [0.25, 0.3) is 0 Å². The van der Waals surface area contributed by atoms with E-state index in [9.17, 15) is 17.6 Å². The number of nitrogens with zero attached hydrogens (tertiary/aromatic N) is 1. The molecule has 0 bridgehead atoms. The van der Waals surface area contributed by atoms with E-state index in [0.29, 0.717) is 5.00 Å². The first-order valence-corrected chi connectivity index (χ1v) is 5.12. The van der Waals surface area contributed by atoms with E-state index >= 15 is 0 Å². The monoisotopic (exact) mass is 263 g/mol. The number of thiazole rings is 1. The molecule has 0 aliphatic heterocycles. The minimum absolute atomic E-state index is 0.0327. The zero-order valence-corrected chi connectivity index (χ0v) is 8.92. The summed E-state index contributed by atoms with van der Waals surface area (Å²) in [5.41, 5.74) is 4.42. The van der Waals surface area contributed by atoms with Crippen LogP contribution in [0.1, 0.15) is 0 Å². The molecule has 17 heavy (non-hydrogen) atoms. The lowest BCUT2D eigenvalue weighted by Crippen LogP contribution is -2.02. The summed E-state index contributed by atoms with van der Waals surface area (Å²) < 4.78 is 52.2. The van der Waals surface area contributed by atoms with Crippen molar-refractivity contribution in [2.45, 2.75) is 0 Å². The van der Waals surface area contributed by atoms with E-state index in [1.54, 1.807) is 0 Å². The molecular formula is C9H5F4N3S. The molecule has 0 saturated heterocycles. The molecule has 2 aromatic rings. The summed E-state index contributed by atoms with van der Waals surface area (Å²) in [4.78, 5) is 3.66. The molecule has 90 valence electrons. The van der Waals surface area contributed by atoms with Crippen LogP contribution in [0.2, 0.25) is 0 Å². The number of nitrogens with two attached hydrogens (primary N) is 1. The number of nitrogens with one attached hydrogen (secondary N) is 1. The largest absolute Gasteiger partial charge is 0.389 e. The minimum atomic E-state index is -1.52. The van der Waals surface area contributed by atoms with E-state index in [1.165, 1.54) is 6.20 Å². The smallest absolute Gasteiger partial charge is 0.189 e. The van der Waals surface area contributed by atoms with Gasteiger partial charge in [-0.2, -0.15) is 0 Å². The van der Waals surface area contributed by atoms with Gasteiger partial charge in [-0.25, -0.2) is 22.5 Å². The van der Waals surface area contributed by atoms with Crippen molar-refractivity contribution in [3.05, 3.63) is 35.5 Å². The fourth-order valence-electron chi connectivity index (χ4n) is 1.13. The highest BCUT2D eigenvalue weighted by molar-refractivity contribution is 7.19. The van der Waals surface area contributed by atoms with E-state index in [4.69, 9.17) is 5.73 Å². The van der Waals surface area contributed by atoms with Gasteiger partial charge in [-0.1, -0.05) is 11.3 Å². The Morgan fingerprint density at radius 1 is 1.12 bits per heavy atom. The first-order chi connectivity index (χ1) is 7.99. The molecule has 1 aromatic heterocycles. The van der Waals surface area contributed by atoms with Crippen molar-refractivity contribution < 1.29 is 17.6 Å². The molecule has 0 unspecified atom stereocenters. The normalized spacial score (nSPS) is 10.6. The van der Waals surface area contributed by atoms with Crippen molar-refractivity contribution in [3.8, 4) is 0 Å². The van der Waals surface area contributed by atoms with Crippen LogP contribution in [0.4, 0.5) is 33.4 Å². The van der Waals surface area contributed by atoms with Crippen LogP contribution < -0.4 is 11.1 Å². The van der Waals surface area contributed by atoms with E-state index in [0.717, 1.165) is 11.3 Å². The molecule has 0 aliphatic rings. The van der Waals surface area contributed by atoms with Gasteiger partial charge in [0.1, 0.15) is 10.7 Å². The molecule has 0 saturated carbocycles. The molecule has 0 atom stereocenters. The van der Waals surface area contributed by atoms with Gasteiger partial charge in [0.2, 0.25) is 0 Å². The number of hydrogen-bond donors (Lipinski definition) is 2. The number of halogens is 4. The molecule has 3 nitrogen and oxygen atoms in total. The summed E-state index contributed by atoms with van der Waals surface area (Å²) >= 11 is 0.889. The molecule has 2 rings (SSSR count). The van der Waals surface area contributed by atoms with Crippen molar-refractivity contribution in [1.29, 1.82) is 0 Å². The minimum Gasteiger partial charge on any atom is -0.389 e. The molecule has 0 fully saturated rings. The molecule has 1 aromatic carbocycles. The Morgan fingerprint density at radius 3 is 2.18 bits per heavy atom. The number of benzene rings is 1. The third-order valence-corrected chi connectivity index (χ3v) is 2.61. The summed E-state index contributed by atoms with van der Waals surface area (Å²) in [7, 11) is 0. The molecule has 0 aliphatic carbocycles. The maximum Gasteiger partial charge on any atom is 0.189 e. The molecule has 8 heteroatoms. The molecule has 3 N–H and O–H groups in total. The lowest BCUT2D eigenvalue weighted by atomic mass is 10.2. The lowest BCUT2D eigenvalue weighted by Gasteiger charge is -2.06. The summed E-state index contributed by atoms with van der Waals surface area (Å²) in [6, 6.07) is 0.131. The van der Waals surface area contributed by atoms with Crippen LogP contribution >= 0.6 is 11.3 Å². The van der Waals surface area contributed by atoms with Crippen molar-refractivity contribution in [2.75, 3.05) is 11.1 Å². The number of hydrogen-bond acceptors (Lipinski definition) is 4. The zero-order valence-electron chi connectivity index (χ0n) is 8.10. The maximum atomic E-state index is 13.2. The zero-order chi connectivity index (χ0) is 12.6.